The molecule has 1 amide bonds. The van der Waals surface area contributed by atoms with Crippen molar-refractivity contribution in [1.29, 1.82) is 0 Å². The van der Waals surface area contributed by atoms with Crippen molar-refractivity contribution in [3.8, 4) is 0 Å². The molecular weight excluding hydrogens is 288 g/mol. The van der Waals surface area contributed by atoms with Crippen LogP contribution in [0.15, 0.2) is 48.5 Å². The molecule has 0 aliphatic heterocycles. The van der Waals surface area contributed by atoms with Gasteiger partial charge < -0.3 is 10.4 Å². The molecule has 7 heteroatoms. The first-order valence-electron chi connectivity index (χ1n) is 6.33. The van der Waals surface area contributed by atoms with Crippen LogP contribution in [0, 0.1) is 10.1 Å². The lowest BCUT2D eigenvalue weighted by Gasteiger charge is -2.08. The molecule has 112 valence electrons. The topological polar surface area (TPSA) is 110 Å². The van der Waals surface area contributed by atoms with E-state index < -0.39 is 16.8 Å². The van der Waals surface area contributed by atoms with E-state index in [1.165, 1.54) is 0 Å². The number of amides is 1. The zero-order valence-corrected chi connectivity index (χ0v) is 11.4. The van der Waals surface area contributed by atoms with Crippen LogP contribution in [-0.4, -0.2) is 21.9 Å². The summed E-state index contributed by atoms with van der Waals surface area (Å²) in [6, 6.07) is 12.1. The van der Waals surface area contributed by atoms with Crippen molar-refractivity contribution < 1.29 is 19.6 Å². The third-order valence-corrected chi connectivity index (χ3v) is 2.98. The third-order valence-electron chi connectivity index (χ3n) is 2.98. The Morgan fingerprint density at radius 3 is 2.36 bits per heavy atom. The molecule has 0 unspecified atom stereocenters. The minimum atomic E-state index is -1.32. The molecule has 2 rings (SSSR count). The van der Waals surface area contributed by atoms with E-state index in [9.17, 15) is 19.7 Å². The van der Waals surface area contributed by atoms with Crippen molar-refractivity contribution in [2.75, 3.05) is 0 Å². The van der Waals surface area contributed by atoms with E-state index >= 15 is 0 Å². The Hall–Kier alpha value is -3.22. The summed E-state index contributed by atoms with van der Waals surface area (Å²) in [5.74, 6) is -2.00. The normalized spacial score (nSPS) is 10.0. The highest BCUT2D eigenvalue weighted by atomic mass is 16.6. The maximum atomic E-state index is 12.1. The molecule has 0 bridgehead atoms. The lowest BCUT2D eigenvalue weighted by molar-refractivity contribution is -0.384. The van der Waals surface area contributed by atoms with Crippen LogP contribution in [0.4, 0.5) is 5.69 Å². The van der Waals surface area contributed by atoms with E-state index in [1.54, 1.807) is 24.3 Å². The Morgan fingerprint density at radius 1 is 1.09 bits per heavy atom. The predicted octanol–water partition coefficient (Wildman–Crippen LogP) is 2.22. The molecule has 2 aromatic rings. The van der Waals surface area contributed by atoms with Crippen LogP contribution in [0.1, 0.15) is 26.3 Å². The summed E-state index contributed by atoms with van der Waals surface area (Å²) >= 11 is 0. The van der Waals surface area contributed by atoms with Gasteiger partial charge in [-0.1, -0.05) is 30.3 Å². The van der Waals surface area contributed by atoms with Gasteiger partial charge >= 0.3 is 5.97 Å². The van der Waals surface area contributed by atoms with E-state index in [1.807, 2.05) is 6.07 Å². The van der Waals surface area contributed by atoms with Crippen molar-refractivity contribution in [3.63, 3.8) is 0 Å². The number of aromatic carboxylic acids is 1. The molecule has 2 N–H and O–H groups in total. The maximum absolute atomic E-state index is 12.1. The van der Waals surface area contributed by atoms with Crippen LogP contribution < -0.4 is 5.32 Å². The molecule has 2 aromatic carbocycles. The Bertz CT molecular complexity index is 728. The number of nitro groups is 1. The van der Waals surface area contributed by atoms with Crippen molar-refractivity contribution >= 4 is 17.6 Å². The Balaban J connectivity index is 2.25. The first-order valence-corrected chi connectivity index (χ1v) is 6.33. The number of carboxylic acid groups (broad SMARTS) is 1. The summed E-state index contributed by atoms with van der Waals surface area (Å²) in [6.45, 7) is 0.196. The molecule has 0 spiro atoms. The van der Waals surface area contributed by atoms with Gasteiger partial charge in [0, 0.05) is 18.7 Å². The SMILES string of the molecule is O=C(O)c1ccc([N+](=O)[O-])cc1C(=O)NCc1ccccc1. The molecule has 0 radical (unpaired) electrons. The van der Waals surface area contributed by atoms with Gasteiger partial charge in [0.2, 0.25) is 0 Å². The number of carbonyl (C=O) groups excluding carboxylic acids is 1. The minimum absolute atomic E-state index is 0.196. The monoisotopic (exact) mass is 300 g/mol. The fourth-order valence-corrected chi connectivity index (χ4v) is 1.89. The summed E-state index contributed by atoms with van der Waals surface area (Å²) in [6.07, 6.45) is 0. The van der Waals surface area contributed by atoms with Crippen LogP contribution in [0.3, 0.4) is 0 Å². The lowest BCUT2D eigenvalue weighted by atomic mass is 10.1. The summed E-state index contributed by atoms with van der Waals surface area (Å²) in [5, 5.41) is 22.4. The summed E-state index contributed by atoms with van der Waals surface area (Å²) in [7, 11) is 0. The summed E-state index contributed by atoms with van der Waals surface area (Å²) < 4.78 is 0. The third kappa shape index (κ3) is 3.45. The highest BCUT2D eigenvalue weighted by Crippen LogP contribution is 2.18. The number of rotatable bonds is 5. The average Bonchev–Trinajstić information content (AvgIpc) is 2.52. The number of benzene rings is 2. The highest BCUT2D eigenvalue weighted by Gasteiger charge is 2.20. The van der Waals surface area contributed by atoms with Gasteiger partial charge in [0.25, 0.3) is 11.6 Å². The molecule has 0 aliphatic carbocycles. The molecule has 0 fully saturated rings. The average molecular weight is 300 g/mol. The van der Waals surface area contributed by atoms with Gasteiger partial charge in [0.15, 0.2) is 0 Å². The van der Waals surface area contributed by atoms with E-state index in [4.69, 9.17) is 5.11 Å². The van der Waals surface area contributed by atoms with E-state index in [2.05, 4.69) is 5.32 Å². The largest absolute Gasteiger partial charge is 0.478 e. The van der Waals surface area contributed by atoms with Gasteiger partial charge in [-0.05, 0) is 11.6 Å². The standard InChI is InChI=1S/C15H12N2O5/c18-14(16-9-10-4-2-1-3-5-10)13-8-11(17(21)22)6-7-12(13)15(19)20/h1-8H,9H2,(H,16,18)(H,19,20). The van der Waals surface area contributed by atoms with E-state index in [0.717, 1.165) is 23.8 Å². The Labute approximate surface area is 125 Å². The van der Waals surface area contributed by atoms with Gasteiger partial charge in [0.05, 0.1) is 16.1 Å². The number of nitrogens with one attached hydrogen (secondary N) is 1. The van der Waals surface area contributed by atoms with Gasteiger partial charge in [-0.2, -0.15) is 0 Å². The molecule has 0 aliphatic rings. The van der Waals surface area contributed by atoms with Gasteiger partial charge in [0.1, 0.15) is 0 Å². The van der Waals surface area contributed by atoms with Crippen LogP contribution in [0.25, 0.3) is 0 Å². The number of non-ortho nitro benzene ring substituents is 1. The zero-order valence-electron chi connectivity index (χ0n) is 11.4. The fraction of sp³-hybridized carbons (Fsp3) is 0.0667. The summed E-state index contributed by atoms with van der Waals surface area (Å²) in [5.41, 5.74) is -0.0261. The molecule has 0 aromatic heterocycles. The minimum Gasteiger partial charge on any atom is -0.478 e. The number of carboxylic acids is 1. The molecule has 0 heterocycles. The number of hydrogen-bond donors (Lipinski definition) is 2. The van der Waals surface area contributed by atoms with Crippen molar-refractivity contribution in [2.24, 2.45) is 0 Å². The smallest absolute Gasteiger partial charge is 0.336 e. The molecule has 7 nitrogen and oxygen atoms in total. The molecule has 0 saturated heterocycles. The highest BCUT2D eigenvalue weighted by molar-refractivity contribution is 6.05. The maximum Gasteiger partial charge on any atom is 0.336 e. The second-order valence-electron chi connectivity index (χ2n) is 4.46. The zero-order chi connectivity index (χ0) is 16.1. The van der Waals surface area contributed by atoms with E-state index in [0.29, 0.717) is 0 Å². The first-order chi connectivity index (χ1) is 10.5. The number of carbonyl (C=O) groups is 2. The van der Waals surface area contributed by atoms with Crippen LogP contribution in [-0.2, 0) is 6.54 Å². The quantitative estimate of drug-likeness (QED) is 0.650. The molecular formula is C15H12N2O5. The number of hydrogen-bond acceptors (Lipinski definition) is 4. The number of nitro benzene ring substituents is 1. The van der Waals surface area contributed by atoms with Crippen molar-refractivity contribution in [3.05, 3.63) is 75.3 Å². The second-order valence-corrected chi connectivity index (χ2v) is 4.46. The molecule has 0 saturated carbocycles. The molecule has 0 atom stereocenters. The van der Waals surface area contributed by atoms with Gasteiger partial charge in [-0.25, -0.2) is 4.79 Å². The van der Waals surface area contributed by atoms with Crippen molar-refractivity contribution in [2.45, 2.75) is 6.54 Å². The van der Waals surface area contributed by atoms with Gasteiger partial charge in [-0.15, -0.1) is 0 Å². The Kier molecular flexibility index (Phi) is 4.47. The van der Waals surface area contributed by atoms with Crippen molar-refractivity contribution in [1.82, 2.24) is 5.32 Å². The van der Waals surface area contributed by atoms with Crippen LogP contribution in [0.2, 0.25) is 0 Å². The summed E-state index contributed by atoms with van der Waals surface area (Å²) in [4.78, 5) is 33.3. The van der Waals surface area contributed by atoms with Gasteiger partial charge in [-0.3, -0.25) is 14.9 Å². The molecule has 22 heavy (non-hydrogen) atoms. The predicted molar refractivity (Wildman–Crippen MR) is 77.7 cm³/mol. The lowest BCUT2D eigenvalue weighted by Crippen LogP contribution is -2.25. The van der Waals surface area contributed by atoms with Crippen LogP contribution in [0.5, 0.6) is 0 Å². The fourth-order valence-electron chi connectivity index (χ4n) is 1.89. The second kappa shape index (κ2) is 6.49. The number of nitrogens with zero attached hydrogens (tertiary/aromatic N) is 1. The first kappa shape index (κ1) is 15.2. The Morgan fingerprint density at radius 2 is 1.77 bits per heavy atom. The van der Waals surface area contributed by atoms with E-state index in [-0.39, 0.29) is 23.4 Å². The van der Waals surface area contributed by atoms with Crippen LogP contribution >= 0.6 is 0 Å².